The van der Waals surface area contributed by atoms with Gasteiger partial charge >= 0.3 is 5.97 Å². The van der Waals surface area contributed by atoms with E-state index < -0.39 is 17.8 Å². The summed E-state index contributed by atoms with van der Waals surface area (Å²) in [4.78, 5) is 40.8. The number of amides is 2. The quantitative estimate of drug-likeness (QED) is 0.620. The fourth-order valence-electron chi connectivity index (χ4n) is 1.88. The number of ether oxygens (including phenoxy) is 1. The van der Waals surface area contributed by atoms with Gasteiger partial charge in [-0.1, -0.05) is 0 Å². The Labute approximate surface area is 105 Å². The van der Waals surface area contributed by atoms with Crippen LogP contribution in [0.25, 0.3) is 0 Å². The topological polar surface area (TPSA) is 76.2 Å². The zero-order valence-corrected chi connectivity index (χ0v) is 10.1. The smallest absolute Gasteiger partial charge is 0.334 e. The molecule has 2 fully saturated rings. The van der Waals surface area contributed by atoms with E-state index in [2.05, 4.69) is 4.90 Å². The molecule has 2 rings (SSSR count). The van der Waals surface area contributed by atoms with Crippen LogP contribution < -0.4 is 0 Å². The number of carbonyl (C=O) groups is 3. The van der Waals surface area contributed by atoms with E-state index in [4.69, 9.17) is 9.57 Å². The molecule has 0 N–H and O–H groups in total. The minimum absolute atomic E-state index is 0.121. The van der Waals surface area contributed by atoms with Crippen molar-refractivity contribution in [2.75, 3.05) is 32.8 Å². The van der Waals surface area contributed by atoms with E-state index in [1.165, 1.54) is 0 Å². The average Bonchev–Trinajstić information content (AvgIpc) is 2.69. The molecule has 100 valence electrons. The minimum Gasteiger partial charge on any atom is -0.379 e. The molecule has 2 heterocycles. The summed E-state index contributed by atoms with van der Waals surface area (Å²) in [6.45, 7) is 3.46. The number of morpholine rings is 1. The van der Waals surface area contributed by atoms with Gasteiger partial charge in [-0.25, -0.2) is 4.79 Å². The number of hydroxylamine groups is 2. The van der Waals surface area contributed by atoms with Gasteiger partial charge in [0, 0.05) is 32.5 Å². The first-order chi connectivity index (χ1) is 8.66. The van der Waals surface area contributed by atoms with Crippen LogP contribution in [0.2, 0.25) is 0 Å². The maximum atomic E-state index is 11.5. The van der Waals surface area contributed by atoms with Gasteiger partial charge in [0.15, 0.2) is 0 Å². The second-order valence-electron chi connectivity index (χ2n) is 4.25. The van der Waals surface area contributed by atoms with Gasteiger partial charge in [-0.2, -0.15) is 0 Å². The normalized spacial score (nSPS) is 21.4. The lowest BCUT2D eigenvalue weighted by atomic mass is 10.3. The first-order valence-corrected chi connectivity index (χ1v) is 6.03. The van der Waals surface area contributed by atoms with Crippen molar-refractivity contribution in [3.8, 4) is 0 Å². The summed E-state index contributed by atoms with van der Waals surface area (Å²) in [6.07, 6.45) is 0.405. The third kappa shape index (κ3) is 3.27. The molecule has 0 aromatic rings. The maximum absolute atomic E-state index is 11.5. The fourth-order valence-corrected chi connectivity index (χ4v) is 1.88. The van der Waals surface area contributed by atoms with E-state index in [1.807, 2.05) is 0 Å². The summed E-state index contributed by atoms with van der Waals surface area (Å²) in [5.41, 5.74) is 0. The molecule has 7 nitrogen and oxygen atoms in total. The summed E-state index contributed by atoms with van der Waals surface area (Å²) in [7, 11) is 0. The second-order valence-corrected chi connectivity index (χ2v) is 4.25. The van der Waals surface area contributed by atoms with E-state index >= 15 is 0 Å². The van der Waals surface area contributed by atoms with Gasteiger partial charge < -0.3 is 9.57 Å². The Morgan fingerprint density at radius 1 is 1.17 bits per heavy atom. The Hall–Kier alpha value is -1.47. The second kappa shape index (κ2) is 5.92. The van der Waals surface area contributed by atoms with Crippen LogP contribution in [0.15, 0.2) is 0 Å². The number of rotatable bonds is 4. The van der Waals surface area contributed by atoms with Gasteiger partial charge in [0.05, 0.1) is 19.6 Å². The van der Waals surface area contributed by atoms with E-state index in [0.717, 1.165) is 13.1 Å². The molecule has 0 aromatic carbocycles. The lowest BCUT2D eigenvalue weighted by Gasteiger charge is -2.26. The van der Waals surface area contributed by atoms with E-state index in [-0.39, 0.29) is 19.3 Å². The van der Waals surface area contributed by atoms with Crippen LogP contribution in [0.5, 0.6) is 0 Å². The molecule has 0 aromatic heterocycles. The number of imide groups is 1. The van der Waals surface area contributed by atoms with Crippen molar-refractivity contribution in [1.29, 1.82) is 0 Å². The summed E-state index contributed by atoms with van der Waals surface area (Å²) < 4.78 is 5.19. The Kier molecular flexibility index (Phi) is 4.27. The number of nitrogens with zero attached hydrogens (tertiary/aromatic N) is 2. The zero-order valence-electron chi connectivity index (χ0n) is 10.1. The van der Waals surface area contributed by atoms with Crippen LogP contribution in [0.1, 0.15) is 19.3 Å². The van der Waals surface area contributed by atoms with Crippen LogP contribution in [-0.4, -0.2) is 60.6 Å². The van der Waals surface area contributed by atoms with Crippen molar-refractivity contribution in [2.24, 2.45) is 0 Å². The highest BCUT2D eigenvalue weighted by Crippen LogP contribution is 2.12. The van der Waals surface area contributed by atoms with E-state index in [9.17, 15) is 14.4 Å². The fraction of sp³-hybridized carbons (Fsp3) is 0.727. The van der Waals surface area contributed by atoms with Gasteiger partial charge in [-0.3, -0.25) is 14.5 Å². The predicted molar refractivity (Wildman–Crippen MR) is 59.1 cm³/mol. The van der Waals surface area contributed by atoms with Crippen LogP contribution in [0.4, 0.5) is 0 Å². The Balaban J connectivity index is 1.71. The molecule has 2 saturated heterocycles. The molecule has 18 heavy (non-hydrogen) atoms. The monoisotopic (exact) mass is 256 g/mol. The Morgan fingerprint density at radius 3 is 2.39 bits per heavy atom. The highest BCUT2D eigenvalue weighted by molar-refractivity contribution is 6.01. The van der Waals surface area contributed by atoms with Crippen LogP contribution in [0, 0.1) is 0 Å². The Morgan fingerprint density at radius 2 is 1.78 bits per heavy atom. The largest absolute Gasteiger partial charge is 0.379 e. The first kappa shape index (κ1) is 13.0. The average molecular weight is 256 g/mol. The third-order valence-electron chi connectivity index (χ3n) is 2.93. The lowest BCUT2D eigenvalue weighted by molar-refractivity contribution is -0.197. The molecule has 2 aliphatic rings. The SMILES string of the molecule is O=C(CCN1CCOCC1)ON1C(=O)CCC1=O. The summed E-state index contributed by atoms with van der Waals surface area (Å²) >= 11 is 0. The van der Waals surface area contributed by atoms with Gasteiger partial charge in [-0.15, -0.1) is 5.06 Å². The standard InChI is InChI=1S/C11H16N2O5/c14-9-1-2-10(15)13(9)18-11(16)3-4-12-5-7-17-8-6-12/h1-8H2. The molecule has 0 spiro atoms. The molecular weight excluding hydrogens is 240 g/mol. The van der Waals surface area contributed by atoms with Crippen molar-refractivity contribution in [3.05, 3.63) is 0 Å². The van der Waals surface area contributed by atoms with E-state index in [0.29, 0.717) is 24.8 Å². The molecule has 2 amide bonds. The highest BCUT2D eigenvalue weighted by Gasteiger charge is 2.32. The summed E-state index contributed by atoms with van der Waals surface area (Å²) in [5, 5.41) is 0.585. The van der Waals surface area contributed by atoms with Crippen molar-refractivity contribution in [2.45, 2.75) is 19.3 Å². The van der Waals surface area contributed by atoms with Crippen LogP contribution >= 0.6 is 0 Å². The molecule has 0 bridgehead atoms. The number of carbonyl (C=O) groups excluding carboxylic acids is 3. The summed E-state index contributed by atoms with van der Waals surface area (Å²) in [5.74, 6) is -1.44. The van der Waals surface area contributed by atoms with Crippen molar-refractivity contribution in [3.63, 3.8) is 0 Å². The van der Waals surface area contributed by atoms with Gasteiger partial charge in [-0.05, 0) is 0 Å². The Bertz CT molecular complexity index is 335. The van der Waals surface area contributed by atoms with Crippen molar-refractivity contribution >= 4 is 17.8 Å². The minimum atomic E-state index is -0.551. The number of hydrogen-bond donors (Lipinski definition) is 0. The lowest BCUT2D eigenvalue weighted by Crippen LogP contribution is -2.38. The predicted octanol–water partition coefficient (Wildman–Crippen LogP) is -0.684. The molecule has 0 saturated carbocycles. The molecular formula is C11H16N2O5. The van der Waals surface area contributed by atoms with E-state index in [1.54, 1.807) is 0 Å². The third-order valence-corrected chi connectivity index (χ3v) is 2.93. The maximum Gasteiger partial charge on any atom is 0.334 e. The van der Waals surface area contributed by atoms with Crippen LogP contribution in [0.3, 0.4) is 0 Å². The van der Waals surface area contributed by atoms with Crippen LogP contribution in [-0.2, 0) is 24.0 Å². The van der Waals surface area contributed by atoms with Crippen molar-refractivity contribution < 1.29 is 24.0 Å². The first-order valence-electron chi connectivity index (χ1n) is 6.03. The van der Waals surface area contributed by atoms with Gasteiger partial charge in [0.2, 0.25) is 0 Å². The zero-order chi connectivity index (χ0) is 13.0. The molecule has 0 atom stereocenters. The van der Waals surface area contributed by atoms with Gasteiger partial charge in [0.1, 0.15) is 0 Å². The van der Waals surface area contributed by atoms with Gasteiger partial charge in [0.25, 0.3) is 11.8 Å². The van der Waals surface area contributed by atoms with Crippen molar-refractivity contribution in [1.82, 2.24) is 9.96 Å². The molecule has 0 aliphatic carbocycles. The molecule has 7 heteroatoms. The number of hydrogen-bond acceptors (Lipinski definition) is 6. The molecule has 2 aliphatic heterocycles. The highest BCUT2D eigenvalue weighted by atomic mass is 16.7. The summed E-state index contributed by atoms with van der Waals surface area (Å²) in [6, 6.07) is 0. The molecule has 0 radical (unpaired) electrons. The molecule has 0 unspecified atom stereocenters.